The van der Waals surface area contributed by atoms with E-state index in [9.17, 15) is 22.8 Å². The van der Waals surface area contributed by atoms with E-state index in [0.29, 0.717) is 0 Å². The van der Waals surface area contributed by atoms with Gasteiger partial charge in [-0.15, -0.1) is 0 Å². The fraction of sp³-hybridized carbons (Fsp3) is 0.214. The second-order valence-electron chi connectivity index (χ2n) is 4.74. The van der Waals surface area contributed by atoms with Crippen molar-refractivity contribution in [3.63, 3.8) is 0 Å². The van der Waals surface area contributed by atoms with Crippen molar-refractivity contribution in [3.8, 4) is 0 Å². The molecule has 128 valence electrons. The monoisotopic (exact) mass is 361 g/mol. The van der Waals surface area contributed by atoms with Crippen LogP contribution >= 0.6 is 11.6 Å². The number of carbonyl (C=O) groups excluding carboxylic acids is 1. The lowest BCUT2D eigenvalue weighted by molar-refractivity contribution is -0.137. The van der Waals surface area contributed by atoms with Crippen LogP contribution in [-0.2, 0) is 17.5 Å². The Labute approximate surface area is 138 Å². The standard InChI is InChI=1S/C14H11ClF3N3O3/c15-10-2-1-8(7-9(10)14(16,17)18)20-12(22)4-6-21-11(13(23)24)3-5-19-21/h1-3,5,7H,4,6H2,(H,20,22)(H,23,24). The SMILES string of the molecule is O=C(CCn1nccc1C(=O)O)Nc1ccc(Cl)c(C(F)(F)F)c1. The molecule has 0 bridgehead atoms. The zero-order valence-electron chi connectivity index (χ0n) is 12.0. The van der Waals surface area contributed by atoms with Crippen LogP contribution in [0.3, 0.4) is 0 Å². The molecule has 0 spiro atoms. The van der Waals surface area contributed by atoms with Gasteiger partial charge in [-0.2, -0.15) is 18.3 Å². The highest BCUT2D eigenvalue weighted by atomic mass is 35.5. The molecule has 2 aromatic rings. The highest BCUT2D eigenvalue weighted by Crippen LogP contribution is 2.36. The Morgan fingerprint density at radius 1 is 1.29 bits per heavy atom. The first-order valence-electron chi connectivity index (χ1n) is 6.60. The molecule has 1 heterocycles. The number of benzene rings is 1. The van der Waals surface area contributed by atoms with Crippen LogP contribution in [0, 0.1) is 0 Å². The molecule has 1 aromatic heterocycles. The molecule has 0 unspecified atom stereocenters. The van der Waals surface area contributed by atoms with Crippen molar-refractivity contribution < 1.29 is 27.9 Å². The number of amides is 1. The molecule has 2 N–H and O–H groups in total. The summed E-state index contributed by atoms with van der Waals surface area (Å²) in [6, 6.07) is 4.29. The lowest BCUT2D eigenvalue weighted by Gasteiger charge is -2.12. The highest BCUT2D eigenvalue weighted by molar-refractivity contribution is 6.31. The maximum atomic E-state index is 12.8. The highest BCUT2D eigenvalue weighted by Gasteiger charge is 2.33. The van der Waals surface area contributed by atoms with Crippen LogP contribution in [0.5, 0.6) is 0 Å². The summed E-state index contributed by atoms with van der Waals surface area (Å²) in [5.41, 5.74) is -1.20. The average Bonchev–Trinajstić information content (AvgIpc) is 2.94. The van der Waals surface area contributed by atoms with Crippen LogP contribution in [0.1, 0.15) is 22.5 Å². The van der Waals surface area contributed by atoms with Crippen molar-refractivity contribution in [2.24, 2.45) is 0 Å². The maximum Gasteiger partial charge on any atom is 0.417 e. The van der Waals surface area contributed by atoms with Crippen LogP contribution in [-0.4, -0.2) is 26.8 Å². The van der Waals surface area contributed by atoms with Crippen molar-refractivity contribution in [2.75, 3.05) is 5.32 Å². The summed E-state index contributed by atoms with van der Waals surface area (Å²) in [5, 5.41) is 14.5. The Morgan fingerprint density at radius 3 is 2.62 bits per heavy atom. The zero-order chi connectivity index (χ0) is 17.9. The van der Waals surface area contributed by atoms with Gasteiger partial charge in [0.05, 0.1) is 17.1 Å². The van der Waals surface area contributed by atoms with Gasteiger partial charge in [-0.1, -0.05) is 11.6 Å². The number of aryl methyl sites for hydroxylation is 1. The number of anilines is 1. The van der Waals surface area contributed by atoms with Crippen molar-refractivity contribution in [1.29, 1.82) is 0 Å². The number of carbonyl (C=O) groups is 2. The quantitative estimate of drug-likeness (QED) is 0.856. The number of aromatic carboxylic acids is 1. The maximum absolute atomic E-state index is 12.8. The number of carboxylic acids is 1. The van der Waals surface area contributed by atoms with Gasteiger partial charge in [0.15, 0.2) is 0 Å². The molecule has 0 saturated heterocycles. The number of carboxylic acid groups (broad SMARTS) is 1. The average molecular weight is 362 g/mol. The van der Waals surface area contributed by atoms with E-state index >= 15 is 0 Å². The fourth-order valence-electron chi connectivity index (χ4n) is 1.94. The van der Waals surface area contributed by atoms with E-state index in [0.717, 1.165) is 16.8 Å². The first-order chi connectivity index (χ1) is 11.2. The third-order valence-corrected chi connectivity index (χ3v) is 3.37. The molecular formula is C14H11ClF3N3O3. The molecule has 2 rings (SSSR count). The number of alkyl halides is 3. The molecule has 0 saturated carbocycles. The molecule has 24 heavy (non-hydrogen) atoms. The Hall–Kier alpha value is -2.55. The van der Waals surface area contributed by atoms with E-state index in [1.807, 2.05) is 0 Å². The van der Waals surface area contributed by atoms with Gasteiger partial charge in [-0.05, 0) is 24.3 Å². The van der Waals surface area contributed by atoms with Gasteiger partial charge in [0.1, 0.15) is 5.69 Å². The molecule has 0 aliphatic heterocycles. The third kappa shape index (κ3) is 4.25. The Morgan fingerprint density at radius 2 is 2.00 bits per heavy atom. The van der Waals surface area contributed by atoms with Crippen LogP contribution in [0.4, 0.5) is 18.9 Å². The number of rotatable bonds is 5. The van der Waals surface area contributed by atoms with Crippen LogP contribution in [0.15, 0.2) is 30.5 Å². The number of hydrogen-bond acceptors (Lipinski definition) is 3. The van der Waals surface area contributed by atoms with Crippen LogP contribution < -0.4 is 5.32 Å². The molecule has 10 heteroatoms. The molecule has 0 fully saturated rings. The summed E-state index contributed by atoms with van der Waals surface area (Å²) in [6.45, 7) is -0.0276. The minimum absolute atomic E-state index is 0.0276. The van der Waals surface area contributed by atoms with E-state index < -0.39 is 28.6 Å². The lowest BCUT2D eigenvalue weighted by atomic mass is 10.2. The van der Waals surface area contributed by atoms with E-state index in [1.165, 1.54) is 18.3 Å². The Kier molecular flexibility index (Phi) is 5.13. The van der Waals surface area contributed by atoms with Crippen molar-refractivity contribution >= 4 is 29.2 Å². The first-order valence-corrected chi connectivity index (χ1v) is 6.98. The number of nitrogens with zero attached hydrogens (tertiary/aromatic N) is 2. The van der Waals surface area contributed by atoms with Crippen LogP contribution in [0.25, 0.3) is 0 Å². The molecule has 6 nitrogen and oxygen atoms in total. The van der Waals surface area contributed by atoms with Gasteiger partial charge in [0, 0.05) is 18.3 Å². The van der Waals surface area contributed by atoms with Crippen molar-refractivity contribution in [2.45, 2.75) is 19.1 Å². The zero-order valence-corrected chi connectivity index (χ0v) is 12.7. The van der Waals surface area contributed by atoms with Crippen LogP contribution in [0.2, 0.25) is 5.02 Å². The minimum Gasteiger partial charge on any atom is -0.477 e. The smallest absolute Gasteiger partial charge is 0.417 e. The van der Waals surface area contributed by atoms with Gasteiger partial charge in [-0.3, -0.25) is 9.48 Å². The van der Waals surface area contributed by atoms with E-state index in [4.69, 9.17) is 16.7 Å². The normalized spacial score (nSPS) is 11.3. The van der Waals surface area contributed by atoms with E-state index in [-0.39, 0.29) is 24.3 Å². The second-order valence-corrected chi connectivity index (χ2v) is 5.14. The summed E-state index contributed by atoms with van der Waals surface area (Å²) >= 11 is 5.49. The summed E-state index contributed by atoms with van der Waals surface area (Å²) in [7, 11) is 0. The van der Waals surface area contributed by atoms with Crippen molar-refractivity contribution in [3.05, 3.63) is 46.7 Å². The van der Waals surface area contributed by atoms with Gasteiger partial charge in [0.25, 0.3) is 0 Å². The molecule has 0 aliphatic carbocycles. The number of aromatic nitrogens is 2. The van der Waals surface area contributed by atoms with Crippen molar-refractivity contribution in [1.82, 2.24) is 9.78 Å². The molecule has 1 amide bonds. The first kappa shape index (κ1) is 17.8. The Bertz CT molecular complexity index is 774. The minimum atomic E-state index is -4.64. The molecule has 0 radical (unpaired) electrons. The van der Waals surface area contributed by atoms with Gasteiger partial charge < -0.3 is 10.4 Å². The molecule has 0 aliphatic rings. The van der Waals surface area contributed by atoms with Gasteiger partial charge >= 0.3 is 12.1 Å². The number of hydrogen-bond donors (Lipinski definition) is 2. The lowest BCUT2D eigenvalue weighted by Crippen LogP contribution is -2.18. The summed E-state index contributed by atoms with van der Waals surface area (Å²) < 4.78 is 39.4. The van der Waals surface area contributed by atoms with E-state index in [2.05, 4.69) is 10.4 Å². The number of halogens is 4. The summed E-state index contributed by atoms with van der Waals surface area (Å²) in [6.07, 6.45) is -3.52. The largest absolute Gasteiger partial charge is 0.477 e. The topological polar surface area (TPSA) is 84.2 Å². The second kappa shape index (κ2) is 6.91. The van der Waals surface area contributed by atoms with Gasteiger partial charge in [0.2, 0.25) is 5.91 Å². The summed E-state index contributed by atoms with van der Waals surface area (Å²) in [4.78, 5) is 22.7. The Balaban J connectivity index is 2.03. The fourth-order valence-corrected chi connectivity index (χ4v) is 2.17. The van der Waals surface area contributed by atoms with E-state index in [1.54, 1.807) is 0 Å². The molecular weight excluding hydrogens is 351 g/mol. The van der Waals surface area contributed by atoms with Gasteiger partial charge in [-0.25, -0.2) is 4.79 Å². The number of nitrogens with one attached hydrogen (secondary N) is 1. The molecule has 1 aromatic carbocycles. The molecule has 0 atom stereocenters. The summed E-state index contributed by atoms with van der Waals surface area (Å²) in [5.74, 6) is -1.78. The predicted molar refractivity (Wildman–Crippen MR) is 78.9 cm³/mol. The third-order valence-electron chi connectivity index (χ3n) is 3.04. The predicted octanol–water partition coefficient (Wildman–Crippen LogP) is 3.28.